The van der Waals surface area contributed by atoms with Crippen LogP contribution in [0.25, 0.3) is 10.8 Å². The van der Waals surface area contributed by atoms with Crippen LogP contribution in [0.15, 0.2) is 74.7 Å². The molecule has 0 aromatic heterocycles. The number of hydrazone groups is 1. The highest BCUT2D eigenvalue weighted by Gasteiger charge is 2.04. The predicted molar refractivity (Wildman–Crippen MR) is 112 cm³/mol. The molecule has 0 saturated heterocycles. The van der Waals surface area contributed by atoms with Crippen LogP contribution in [0.3, 0.4) is 0 Å². The number of nitrogens with one attached hydrogen (secondary N) is 1. The van der Waals surface area contributed by atoms with Crippen molar-refractivity contribution in [2.45, 2.75) is 6.92 Å². The second-order valence-electron chi connectivity index (χ2n) is 5.68. The Labute approximate surface area is 168 Å². The first-order valence-corrected chi connectivity index (χ1v) is 9.51. The third-order valence-corrected chi connectivity index (χ3v) is 4.78. The van der Waals surface area contributed by atoms with Crippen LogP contribution in [0.2, 0.25) is 0 Å². The van der Waals surface area contributed by atoms with Gasteiger partial charge in [-0.3, -0.25) is 4.79 Å². The lowest BCUT2D eigenvalue weighted by molar-refractivity contribution is -0.123. The summed E-state index contributed by atoms with van der Waals surface area (Å²) in [6.45, 7) is 1.74. The van der Waals surface area contributed by atoms with Gasteiger partial charge in [-0.2, -0.15) is 5.10 Å². The van der Waals surface area contributed by atoms with E-state index in [0.29, 0.717) is 5.75 Å². The smallest absolute Gasteiger partial charge is 0.277 e. The summed E-state index contributed by atoms with van der Waals surface area (Å²) in [6.07, 6.45) is 0. The highest BCUT2D eigenvalue weighted by molar-refractivity contribution is 9.10. The Morgan fingerprint density at radius 3 is 2.38 bits per heavy atom. The van der Waals surface area contributed by atoms with Crippen molar-refractivity contribution in [3.05, 3.63) is 75.2 Å². The van der Waals surface area contributed by atoms with Gasteiger partial charge in [0, 0.05) is 8.95 Å². The van der Waals surface area contributed by atoms with Gasteiger partial charge in [0.2, 0.25) is 0 Å². The minimum atomic E-state index is -0.308. The van der Waals surface area contributed by atoms with E-state index in [1.807, 2.05) is 67.6 Å². The lowest BCUT2D eigenvalue weighted by Gasteiger charge is -2.07. The van der Waals surface area contributed by atoms with Gasteiger partial charge in [-0.25, -0.2) is 5.43 Å². The van der Waals surface area contributed by atoms with Gasteiger partial charge >= 0.3 is 0 Å². The van der Waals surface area contributed by atoms with Gasteiger partial charge in [-0.1, -0.05) is 56.1 Å². The number of nitrogens with zero attached hydrogens (tertiary/aromatic N) is 1. The number of amides is 1. The molecule has 0 atom stereocenters. The van der Waals surface area contributed by atoms with Crippen molar-refractivity contribution in [2.24, 2.45) is 5.10 Å². The lowest BCUT2D eigenvalue weighted by Crippen LogP contribution is -2.25. The number of ether oxygens (including phenoxy) is 1. The van der Waals surface area contributed by atoms with E-state index in [9.17, 15) is 4.79 Å². The van der Waals surface area contributed by atoms with Crippen LogP contribution in [0.5, 0.6) is 5.75 Å². The first kappa shape index (κ1) is 18.6. The number of carbonyl (C=O) groups is 1. The summed E-state index contributed by atoms with van der Waals surface area (Å²) in [5.74, 6) is 0.334. The van der Waals surface area contributed by atoms with Gasteiger partial charge in [0.25, 0.3) is 5.91 Å². The Kier molecular flexibility index (Phi) is 6.06. The summed E-state index contributed by atoms with van der Waals surface area (Å²) in [5, 5.41) is 6.27. The van der Waals surface area contributed by atoms with Gasteiger partial charge in [0.05, 0.1) is 5.71 Å². The number of carbonyl (C=O) groups excluding carboxylic acids is 1. The van der Waals surface area contributed by atoms with Gasteiger partial charge in [-0.15, -0.1) is 0 Å². The molecule has 132 valence electrons. The molecular formula is C20H16Br2N2O2. The molecule has 4 nitrogen and oxygen atoms in total. The van der Waals surface area contributed by atoms with Crippen LogP contribution in [0.4, 0.5) is 0 Å². The van der Waals surface area contributed by atoms with Gasteiger partial charge in [-0.05, 0) is 59.7 Å². The third-order valence-electron chi connectivity index (χ3n) is 3.75. The summed E-state index contributed by atoms with van der Waals surface area (Å²) in [4.78, 5) is 12.0. The maximum Gasteiger partial charge on any atom is 0.277 e. The van der Waals surface area contributed by atoms with Crippen molar-refractivity contribution in [2.75, 3.05) is 6.61 Å². The molecule has 0 aliphatic carbocycles. The molecule has 3 rings (SSSR count). The molecule has 3 aromatic carbocycles. The number of halogens is 2. The van der Waals surface area contributed by atoms with Gasteiger partial charge in [0.1, 0.15) is 5.75 Å². The number of hydrogen-bond acceptors (Lipinski definition) is 3. The fraction of sp³-hybridized carbons (Fsp3) is 0.100. The molecule has 3 aromatic rings. The highest BCUT2D eigenvalue weighted by atomic mass is 79.9. The van der Waals surface area contributed by atoms with Gasteiger partial charge < -0.3 is 4.74 Å². The Bertz CT molecular complexity index is 969. The summed E-state index contributed by atoms with van der Waals surface area (Å²) in [5.41, 5.74) is 4.18. The second kappa shape index (κ2) is 8.47. The quantitative estimate of drug-likeness (QED) is 0.403. The first-order chi connectivity index (χ1) is 12.5. The van der Waals surface area contributed by atoms with E-state index in [1.165, 1.54) is 0 Å². The van der Waals surface area contributed by atoms with E-state index in [1.54, 1.807) is 0 Å². The predicted octanol–water partition coefficient (Wildman–Crippen LogP) is 5.28. The fourth-order valence-electron chi connectivity index (χ4n) is 2.37. The molecule has 0 radical (unpaired) electrons. The molecule has 6 heteroatoms. The van der Waals surface area contributed by atoms with Crippen LogP contribution in [0.1, 0.15) is 12.5 Å². The van der Waals surface area contributed by atoms with E-state index in [2.05, 4.69) is 42.4 Å². The van der Waals surface area contributed by atoms with E-state index in [-0.39, 0.29) is 12.5 Å². The molecule has 0 unspecified atom stereocenters. The molecule has 26 heavy (non-hydrogen) atoms. The Hall–Kier alpha value is -2.18. The number of fused-ring (bicyclic) bond motifs is 1. The summed E-state index contributed by atoms with van der Waals surface area (Å²) < 4.78 is 7.58. The zero-order valence-electron chi connectivity index (χ0n) is 14.0. The first-order valence-electron chi connectivity index (χ1n) is 7.92. The standard InChI is InChI=1S/C20H16Br2N2O2/c1-13(14-2-6-17(21)7-3-14)23-24-20(25)12-26-19-9-5-15-10-18(22)8-4-16(15)11-19/h2-11H,12H2,1H3,(H,24,25)/b23-13+. The monoisotopic (exact) mass is 474 g/mol. The minimum Gasteiger partial charge on any atom is -0.484 e. The summed E-state index contributed by atoms with van der Waals surface area (Å²) in [6, 6.07) is 19.4. The van der Waals surface area contributed by atoms with Crippen molar-refractivity contribution >= 4 is 54.3 Å². The van der Waals surface area contributed by atoms with E-state index < -0.39 is 0 Å². The van der Waals surface area contributed by atoms with Crippen molar-refractivity contribution in [3.63, 3.8) is 0 Å². The second-order valence-corrected chi connectivity index (χ2v) is 7.51. The SMILES string of the molecule is C/C(=N\NC(=O)COc1ccc2cc(Br)ccc2c1)c1ccc(Br)cc1. The van der Waals surface area contributed by atoms with Crippen LogP contribution < -0.4 is 10.2 Å². The van der Waals surface area contributed by atoms with Gasteiger partial charge in [0.15, 0.2) is 6.61 Å². The van der Waals surface area contributed by atoms with Crippen LogP contribution in [-0.4, -0.2) is 18.2 Å². The molecule has 0 aliphatic heterocycles. The number of hydrogen-bond donors (Lipinski definition) is 1. The average Bonchev–Trinajstić information content (AvgIpc) is 2.65. The molecule has 1 amide bonds. The van der Waals surface area contributed by atoms with Crippen molar-refractivity contribution in [3.8, 4) is 5.75 Å². The number of rotatable bonds is 5. The minimum absolute atomic E-state index is 0.0981. The molecular weight excluding hydrogens is 460 g/mol. The molecule has 0 saturated carbocycles. The summed E-state index contributed by atoms with van der Waals surface area (Å²) >= 11 is 6.84. The van der Waals surface area contributed by atoms with Crippen molar-refractivity contribution < 1.29 is 9.53 Å². The molecule has 0 fully saturated rings. The van der Waals surface area contributed by atoms with E-state index in [0.717, 1.165) is 31.0 Å². The molecule has 0 spiro atoms. The zero-order chi connectivity index (χ0) is 18.5. The average molecular weight is 476 g/mol. The zero-order valence-corrected chi connectivity index (χ0v) is 17.2. The van der Waals surface area contributed by atoms with E-state index >= 15 is 0 Å². The molecule has 0 heterocycles. The number of benzene rings is 3. The van der Waals surface area contributed by atoms with Crippen LogP contribution in [-0.2, 0) is 4.79 Å². The lowest BCUT2D eigenvalue weighted by atomic mass is 10.1. The maximum absolute atomic E-state index is 12.0. The highest BCUT2D eigenvalue weighted by Crippen LogP contribution is 2.24. The fourth-order valence-corrected chi connectivity index (χ4v) is 3.01. The van der Waals surface area contributed by atoms with Crippen molar-refractivity contribution in [1.29, 1.82) is 0 Å². The Morgan fingerprint density at radius 1 is 0.962 bits per heavy atom. The molecule has 0 bridgehead atoms. The molecule has 0 aliphatic rings. The van der Waals surface area contributed by atoms with E-state index in [4.69, 9.17) is 4.74 Å². The van der Waals surface area contributed by atoms with Crippen molar-refractivity contribution in [1.82, 2.24) is 5.43 Å². The molecule has 1 N–H and O–H groups in total. The Balaban J connectivity index is 1.57. The largest absolute Gasteiger partial charge is 0.484 e. The third kappa shape index (κ3) is 4.93. The normalized spacial score (nSPS) is 11.4. The Morgan fingerprint density at radius 2 is 1.62 bits per heavy atom. The van der Waals surface area contributed by atoms with Crippen LogP contribution in [0, 0.1) is 0 Å². The maximum atomic E-state index is 12.0. The topological polar surface area (TPSA) is 50.7 Å². The summed E-state index contributed by atoms with van der Waals surface area (Å²) in [7, 11) is 0. The van der Waals surface area contributed by atoms with Crippen LogP contribution >= 0.6 is 31.9 Å².